The molecule has 1 aromatic heterocycles. The maximum atomic E-state index is 14.0. The fourth-order valence-corrected chi connectivity index (χ4v) is 6.51. The molecule has 1 aromatic rings. The number of nitrogens with one attached hydrogen (secondary N) is 1. The minimum atomic E-state index is -1.02. The molecule has 0 radical (unpaired) electrons. The Labute approximate surface area is 222 Å². The molecule has 2 aliphatic heterocycles. The van der Waals surface area contributed by atoms with Gasteiger partial charge in [-0.05, 0) is 55.9 Å². The predicted molar refractivity (Wildman–Crippen MR) is 141 cm³/mol. The third kappa shape index (κ3) is 6.27. The highest BCUT2D eigenvalue weighted by Gasteiger charge is 2.39. The van der Waals surface area contributed by atoms with Crippen molar-refractivity contribution in [3.05, 3.63) is 15.8 Å². The number of carbonyl (C=O) groups excluding carboxylic acids is 3. The van der Waals surface area contributed by atoms with E-state index in [1.165, 1.54) is 11.3 Å². The molecule has 0 spiro atoms. The summed E-state index contributed by atoms with van der Waals surface area (Å²) in [6, 6.07) is 1.69. The average molecular weight is 534 g/mol. The van der Waals surface area contributed by atoms with Crippen LogP contribution in [0.3, 0.4) is 0 Å². The number of anilines is 1. The number of likely N-dealkylation sites (tertiary alicyclic amines) is 1. The van der Waals surface area contributed by atoms with E-state index < -0.39 is 18.2 Å². The van der Waals surface area contributed by atoms with Crippen LogP contribution in [0.15, 0.2) is 6.07 Å². The molecule has 204 valence electrons. The van der Waals surface area contributed by atoms with Crippen molar-refractivity contribution < 1.29 is 29.0 Å². The van der Waals surface area contributed by atoms with E-state index in [1.807, 2.05) is 26.8 Å². The van der Waals surface area contributed by atoms with E-state index in [1.54, 1.807) is 9.80 Å². The van der Waals surface area contributed by atoms with E-state index in [0.717, 1.165) is 30.6 Å². The molecular formula is C27H39N3O6S. The van der Waals surface area contributed by atoms with Crippen LogP contribution >= 0.6 is 11.3 Å². The molecule has 4 rings (SSSR count). The molecule has 1 aliphatic carbocycles. The third-order valence-electron chi connectivity index (χ3n) is 7.80. The standard InChI is InChI=1S/C27H39N3O6S/c1-16-5-7-17(8-6-16)24(32)30(20-14-21(27(2,3)4)37-23(20)25(33)34)18-9-11-29(12-10-18)26(35)36-19-13-22(31)28-15-19/h14,16-19H,5-13,15H2,1-4H3,(H,28,31)(H,33,34)/t16-,17-,19-/m1/s1. The number of nitrogens with zero attached hydrogens (tertiary/aromatic N) is 2. The van der Waals surface area contributed by atoms with Gasteiger partial charge in [0.05, 0.1) is 18.7 Å². The lowest BCUT2D eigenvalue weighted by Gasteiger charge is -2.40. The molecule has 3 heterocycles. The summed E-state index contributed by atoms with van der Waals surface area (Å²) in [6.07, 6.45) is 3.96. The maximum absolute atomic E-state index is 14.0. The van der Waals surface area contributed by atoms with Crippen molar-refractivity contribution in [2.45, 2.75) is 90.2 Å². The number of carbonyl (C=O) groups is 4. The van der Waals surface area contributed by atoms with Crippen molar-refractivity contribution in [3.63, 3.8) is 0 Å². The minimum Gasteiger partial charge on any atom is -0.477 e. The average Bonchev–Trinajstić information content (AvgIpc) is 3.46. The molecule has 10 heteroatoms. The number of ether oxygens (including phenoxy) is 1. The Hall–Kier alpha value is -2.62. The molecule has 3 amide bonds. The van der Waals surface area contributed by atoms with Crippen molar-refractivity contribution in [3.8, 4) is 0 Å². The van der Waals surface area contributed by atoms with Crippen LogP contribution in [0.1, 0.15) is 87.2 Å². The van der Waals surface area contributed by atoms with Gasteiger partial charge in [-0.2, -0.15) is 0 Å². The van der Waals surface area contributed by atoms with Gasteiger partial charge in [-0.25, -0.2) is 9.59 Å². The normalized spacial score (nSPS) is 25.0. The highest BCUT2D eigenvalue weighted by molar-refractivity contribution is 7.14. The molecule has 37 heavy (non-hydrogen) atoms. The fourth-order valence-electron chi connectivity index (χ4n) is 5.47. The second kappa shape index (κ2) is 11.0. The number of carboxylic acid groups (broad SMARTS) is 1. The number of hydrogen-bond acceptors (Lipinski definition) is 6. The van der Waals surface area contributed by atoms with Crippen LogP contribution in [0.2, 0.25) is 0 Å². The van der Waals surface area contributed by atoms with Crippen molar-refractivity contribution in [1.82, 2.24) is 10.2 Å². The summed E-state index contributed by atoms with van der Waals surface area (Å²) < 4.78 is 5.49. The first-order chi connectivity index (χ1) is 17.4. The predicted octanol–water partition coefficient (Wildman–Crippen LogP) is 4.39. The molecule has 0 bridgehead atoms. The molecule has 0 unspecified atom stereocenters. The number of hydrogen-bond donors (Lipinski definition) is 2. The summed E-state index contributed by atoms with van der Waals surface area (Å²) in [7, 11) is 0. The Kier molecular flexibility index (Phi) is 8.16. The number of thiophene rings is 1. The Morgan fingerprint density at radius 3 is 2.30 bits per heavy atom. The zero-order valence-corrected chi connectivity index (χ0v) is 23.1. The molecule has 2 saturated heterocycles. The zero-order valence-electron chi connectivity index (χ0n) is 22.2. The largest absolute Gasteiger partial charge is 0.477 e. The van der Waals surface area contributed by atoms with Gasteiger partial charge in [0.25, 0.3) is 0 Å². The third-order valence-corrected chi connectivity index (χ3v) is 9.34. The minimum absolute atomic E-state index is 0.00391. The van der Waals surface area contributed by atoms with E-state index in [4.69, 9.17) is 4.74 Å². The number of carboxylic acids is 1. The van der Waals surface area contributed by atoms with Gasteiger partial charge in [-0.3, -0.25) is 9.59 Å². The Morgan fingerprint density at radius 1 is 1.11 bits per heavy atom. The van der Waals surface area contributed by atoms with Gasteiger partial charge in [-0.1, -0.05) is 27.7 Å². The Balaban J connectivity index is 1.55. The summed E-state index contributed by atoms with van der Waals surface area (Å²) in [5.41, 5.74) is 0.244. The summed E-state index contributed by atoms with van der Waals surface area (Å²) in [4.78, 5) is 54.9. The summed E-state index contributed by atoms with van der Waals surface area (Å²) >= 11 is 1.24. The van der Waals surface area contributed by atoms with Crippen LogP contribution in [-0.4, -0.2) is 65.7 Å². The van der Waals surface area contributed by atoms with Gasteiger partial charge in [0, 0.05) is 29.9 Å². The van der Waals surface area contributed by atoms with Gasteiger partial charge in [0.15, 0.2) is 0 Å². The van der Waals surface area contributed by atoms with E-state index >= 15 is 0 Å². The van der Waals surface area contributed by atoms with Crippen molar-refractivity contribution >= 4 is 40.9 Å². The number of rotatable bonds is 5. The van der Waals surface area contributed by atoms with Crippen molar-refractivity contribution in [2.75, 3.05) is 24.5 Å². The molecule has 3 fully saturated rings. The lowest BCUT2D eigenvalue weighted by atomic mass is 9.82. The summed E-state index contributed by atoms with van der Waals surface area (Å²) in [5, 5.41) is 12.7. The van der Waals surface area contributed by atoms with Crippen LogP contribution in [-0.2, 0) is 19.7 Å². The first kappa shape index (κ1) is 27.4. The lowest BCUT2D eigenvalue weighted by molar-refractivity contribution is -0.124. The SMILES string of the molecule is CC(C)(C)c1cc(N(C(=O)[C@H]2CC[C@H](C)CC2)C2CCN(C(=O)O[C@H]3CNC(=O)C3)CC2)c(C(=O)O)s1. The van der Waals surface area contributed by atoms with Gasteiger partial charge < -0.3 is 25.0 Å². The second-order valence-corrected chi connectivity index (χ2v) is 12.8. The van der Waals surface area contributed by atoms with Crippen LogP contribution in [0.4, 0.5) is 10.5 Å². The number of aromatic carboxylic acids is 1. The van der Waals surface area contributed by atoms with E-state index in [0.29, 0.717) is 44.1 Å². The molecule has 1 atom stereocenters. The van der Waals surface area contributed by atoms with Crippen LogP contribution in [0, 0.1) is 11.8 Å². The number of amides is 3. The van der Waals surface area contributed by atoms with E-state index in [-0.39, 0.29) is 40.5 Å². The van der Waals surface area contributed by atoms with Crippen molar-refractivity contribution in [1.29, 1.82) is 0 Å². The second-order valence-electron chi connectivity index (χ2n) is 11.8. The van der Waals surface area contributed by atoms with Gasteiger partial charge in [0.1, 0.15) is 11.0 Å². The maximum Gasteiger partial charge on any atom is 0.410 e. The van der Waals surface area contributed by atoms with Crippen molar-refractivity contribution in [2.24, 2.45) is 11.8 Å². The van der Waals surface area contributed by atoms with Crippen LogP contribution in [0.25, 0.3) is 0 Å². The first-order valence-corrected chi connectivity index (χ1v) is 14.2. The van der Waals surface area contributed by atoms with Gasteiger partial charge in [0.2, 0.25) is 11.8 Å². The van der Waals surface area contributed by atoms with E-state index in [9.17, 15) is 24.3 Å². The molecule has 3 aliphatic rings. The molecule has 0 aromatic carbocycles. The molecule has 9 nitrogen and oxygen atoms in total. The lowest BCUT2D eigenvalue weighted by Crippen LogP contribution is -2.51. The summed E-state index contributed by atoms with van der Waals surface area (Å²) in [6.45, 7) is 9.47. The molecule has 1 saturated carbocycles. The number of piperidine rings is 1. The van der Waals surface area contributed by atoms with E-state index in [2.05, 4.69) is 12.2 Å². The summed E-state index contributed by atoms with van der Waals surface area (Å²) in [5.74, 6) is -0.663. The quantitative estimate of drug-likeness (QED) is 0.580. The van der Waals surface area contributed by atoms with Gasteiger partial charge in [-0.15, -0.1) is 11.3 Å². The molecular weight excluding hydrogens is 494 g/mol. The Morgan fingerprint density at radius 2 is 1.76 bits per heavy atom. The monoisotopic (exact) mass is 533 g/mol. The highest BCUT2D eigenvalue weighted by Crippen LogP contribution is 2.41. The van der Waals surface area contributed by atoms with Crippen LogP contribution < -0.4 is 10.2 Å². The van der Waals surface area contributed by atoms with Crippen LogP contribution in [0.5, 0.6) is 0 Å². The smallest absolute Gasteiger partial charge is 0.410 e. The highest BCUT2D eigenvalue weighted by atomic mass is 32.1. The zero-order chi connectivity index (χ0) is 26.9. The first-order valence-electron chi connectivity index (χ1n) is 13.4. The molecule has 2 N–H and O–H groups in total. The topological polar surface area (TPSA) is 116 Å². The fraction of sp³-hybridized carbons (Fsp3) is 0.704. The van der Waals surface area contributed by atoms with Gasteiger partial charge >= 0.3 is 12.1 Å². The Bertz CT molecular complexity index is 1030.